The van der Waals surface area contributed by atoms with Gasteiger partial charge >= 0.3 is 12.3 Å². The Morgan fingerprint density at radius 1 is 1.38 bits per heavy atom. The van der Waals surface area contributed by atoms with Crippen LogP contribution < -0.4 is 0 Å². The third-order valence-electron chi connectivity index (χ3n) is 2.24. The van der Waals surface area contributed by atoms with Gasteiger partial charge in [-0.1, -0.05) is 29.3 Å². The largest absolute Gasteiger partial charge is 0.428 e. The maximum atomic E-state index is 13.1. The van der Waals surface area contributed by atoms with E-state index in [2.05, 4.69) is 4.74 Å². The van der Waals surface area contributed by atoms with Crippen molar-refractivity contribution >= 4 is 23.2 Å². The van der Waals surface area contributed by atoms with Crippen LogP contribution in [0.2, 0.25) is 0 Å². The lowest BCUT2D eigenvalue weighted by Gasteiger charge is -2.31. The van der Waals surface area contributed by atoms with Crippen LogP contribution in [-0.4, -0.2) is 28.4 Å². The van der Waals surface area contributed by atoms with Gasteiger partial charge < -0.3 is 0 Å². The summed E-state index contributed by atoms with van der Waals surface area (Å²) in [6, 6.07) is 0. The molecule has 21 heavy (non-hydrogen) atoms. The lowest BCUT2D eigenvalue weighted by Crippen LogP contribution is -2.48. The minimum atomic E-state index is -5.89. The summed E-state index contributed by atoms with van der Waals surface area (Å²) >= 11 is 10.8. The molecule has 2 atom stereocenters. The summed E-state index contributed by atoms with van der Waals surface area (Å²) in [5, 5.41) is 7.37. The van der Waals surface area contributed by atoms with E-state index in [0.29, 0.717) is 0 Å². The van der Waals surface area contributed by atoms with Crippen molar-refractivity contribution in [2.75, 3.05) is 0 Å². The summed E-state index contributed by atoms with van der Waals surface area (Å²) in [6.07, 6.45) is -15.5. The molecule has 0 N–H and O–H groups in total. The van der Waals surface area contributed by atoms with E-state index >= 15 is 0 Å². The molecule has 12 heteroatoms. The van der Waals surface area contributed by atoms with Crippen LogP contribution in [0.5, 0.6) is 0 Å². The predicted molar refractivity (Wildman–Crippen MR) is 59.2 cm³/mol. The monoisotopic (exact) mass is 359 g/mol. The van der Waals surface area contributed by atoms with E-state index in [-0.39, 0.29) is 6.08 Å². The Balaban J connectivity index is 3.04. The smallest absolute Gasteiger partial charge is 0.291 e. The molecule has 4 nitrogen and oxygen atoms in total. The van der Waals surface area contributed by atoms with Crippen LogP contribution in [0, 0.1) is 10.1 Å². The van der Waals surface area contributed by atoms with E-state index in [1.54, 1.807) is 0 Å². The lowest BCUT2D eigenvalue weighted by molar-refractivity contribution is -0.421. The second-order valence-corrected chi connectivity index (χ2v) is 4.94. The fraction of sp³-hybridized carbons (Fsp3) is 0.556. The maximum absolute atomic E-state index is 13.1. The second-order valence-electron chi connectivity index (χ2n) is 3.90. The molecule has 0 aromatic rings. The van der Waals surface area contributed by atoms with Crippen molar-refractivity contribution in [2.45, 2.75) is 29.9 Å². The molecule has 0 spiro atoms. The number of hydrogen-bond acceptors (Lipinski definition) is 3. The van der Waals surface area contributed by atoms with Crippen molar-refractivity contribution in [1.82, 2.24) is 0 Å². The Morgan fingerprint density at radius 2 is 1.90 bits per heavy atom. The van der Waals surface area contributed by atoms with E-state index in [1.165, 1.54) is 0 Å². The van der Waals surface area contributed by atoms with Gasteiger partial charge in [-0.2, -0.15) is 22.0 Å². The maximum Gasteiger partial charge on any atom is 0.428 e. The Labute approximate surface area is 123 Å². The summed E-state index contributed by atoms with van der Waals surface area (Å²) in [7, 11) is 0. The molecule has 0 fully saturated rings. The van der Waals surface area contributed by atoms with Gasteiger partial charge in [-0.15, -0.1) is 0 Å². The first-order valence-electron chi connectivity index (χ1n) is 4.99. The highest BCUT2D eigenvalue weighted by Gasteiger charge is 2.60. The number of hydrogen-bond donors (Lipinski definition) is 0. The van der Waals surface area contributed by atoms with E-state index in [9.17, 15) is 36.5 Å². The summed E-state index contributed by atoms with van der Waals surface area (Å²) in [6.45, 7) is 0. The molecule has 1 aliphatic rings. The molecule has 0 saturated carbocycles. The zero-order valence-electron chi connectivity index (χ0n) is 9.63. The molecule has 0 radical (unpaired) electrons. The quantitative estimate of drug-likeness (QED) is 0.328. The molecule has 0 amide bonds. The normalized spacial score (nSPS) is 25.1. The average Bonchev–Trinajstić information content (AvgIpc) is 2.29. The lowest BCUT2D eigenvalue weighted by atomic mass is 10.1. The third-order valence-corrected chi connectivity index (χ3v) is 2.93. The Kier molecular flexibility index (Phi) is 4.86. The highest BCUT2D eigenvalue weighted by atomic mass is 35.5. The topological polar surface area (TPSA) is 52.4 Å². The number of ether oxygens (including phenoxy) is 1. The molecule has 0 heterocycles. The SMILES string of the molecule is O=[N+]([O-])C1=CC(Cl)(OC(F)(F)C(F)C(F)(F)F)CC=C1Cl. The number of nitrogens with zero attached hydrogens (tertiary/aromatic N) is 1. The molecule has 0 bridgehead atoms. The number of rotatable bonds is 4. The number of alkyl halides is 7. The van der Waals surface area contributed by atoms with Crippen molar-refractivity contribution in [3.63, 3.8) is 0 Å². The fourth-order valence-corrected chi connectivity index (χ4v) is 1.83. The predicted octanol–water partition coefficient (Wildman–Crippen LogP) is 4.12. The van der Waals surface area contributed by atoms with Gasteiger partial charge in [0, 0.05) is 12.5 Å². The Hall–Kier alpha value is -1.00. The first-order valence-corrected chi connectivity index (χ1v) is 5.75. The van der Waals surface area contributed by atoms with Gasteiger partial charge in [0.15, 0.2) is 5.06 Å². The van der Waals surface area contributed by atoms with Crippen molar-refractivity contribution in [3.05, 3.63) is 33.0 Å². The molecule has 1 aliphatic carbocycles. The van der Waals surface area contributed by atoms with Crippen molar-refractivity contribution in [1.29, 1.82) is 0 Å². The zero-order valence-corrected chi connectivity index (χ0v) is 11.1. The van der Waals surface area contributed by atoms with E-state index < -0.39 is 45.6 Å². The molecule has 2 unspecified atom stereocenters. The number of nitro groups is 1. The van der Waals surface area contributed by atoms with Crippen molar-refractivity contribution in [2.24, 2.45) is 0 Å². The highest BCUT2D eigenvalue weighted by molar-refractivity contribution is 6.32. The van der Waals surface area contributed by atoms with Crippen LogP contribution >= 0.6 is 23.2 Å². The molecular weight excluding hydrogens is 355 g/mol. The minimum Gasteiger partial charge on any atom is -0.291 e. The second kappa shape index (κ2) is 5.65. The Bertz CT molecular complexity index is 506. The minimum absolute atomic E-state index is 0.286. The summed E-state index contributed by atoms with van der Waals surface area (Å²) in [5.41, 5.74) is -0.948. The third kappa shape index (κ3) is 4.24. The Morgan fingerprint density at radius 3 is 2.33 bits per heavy atom. The summed E-state index contributed by atoms with van der Waals surface area (Å²) < 4.78 is 78.4. The van der Waals surface area contributed by atoms with Crippen LogP contribution in [0.25, 0.3) is 0 Å². The summed E-state index contributed by atoms with van der Waals surface area (Å²) in [4.78, 5) is 9.46. The molecule has 0 saturated heterocycles. The van der Waals surface area contributed by atoms with E-state index in [1.807, 2.05) is 0 Å². The van der Waals surface area contributed by atoms with E-state index in [4.69, 9.17) is 23.2 Å². The molecule has 0 aromatic heterocycles. The van der Waals surface area contributed by atoms with Crippen molar-refractivity contribution in [3.8, 4) is 0 Å². The van der Waals surface area contributed by atoms with Crippen molar-refractivity contribution < 1.29 is 36.0 Å². The van der Waals surface area contributed by atoms with Crippen LogP contribution in [0.3, 0.4) is 0 Å². The number of allylic oxidation sites excluding steroid dienone is 1. The molecule has 120 valence electrons. The first-order chi connectivity index (χ1) is 9.28. The van der Waals surface area contributed by atoms with Crippen LogP contribution in [0.4, 0.5) is 26.3 Å². The standard InChI is InChI=1S/C9H5Cl2F6NO3/c10-4-1-2-7(11,3-5(4)18(19)20)21-9(16,17)6(12)8(13,14)15/h1,3,6H,2H2. The zero-order chi connectivity index (χ0) is 16.6. The van der Waals surface area contributed by atoms with Gasteiger partial charge in [-0.3, -0.25) is 14.9 Å². The van der Waals surface area contributed by atoms with Gasteiger partial charge in [0.25, 0.3) is 11.9 Å². The molecule has 1 rings (SSSR count). The molecule has 0 aliphatic heterocycles. The van der Waals surface area contributed by atoms with Gasteiger partial charge in [0.2, 0.25) is 0 Å². The summed E-state index contributed by atoms with van der Waals surface area (Å²) in [5.74, 6) is 0. The van der Waals surface area contributed by atoms with Crippen LogP contribution in [0.15, 0.2) is 22.9 Å². The first kappa shape index (κ1) is 18.1. The van der Waals surface area contributed by atoms with Crippen LogP contribution in [-0.2, 0) is 4.74 Å². The highest BCUT2D eigenvalue weighted by Crippen LogP contribution is 2.43. The number of halogens is 8. The van der Waals surface area contributed by atoms with Gasteiger partial charge in [0.1, 0.15) is 5.03 Å². The van der Waals surface area contributed by atoms with Gasteiger partial charge in [-0.25, -0.2) is 4.39 Å². The average molecular weight is 360 g/mol. The van der Waals surface area contributed by atoms with Gasteiger partial charge in [-0.05, 0) is 0 Å². The molecule has 0 aromatic carbocycles. The molecular formula is C9H5Cl2F6NO3. The fourth-order valence-electron chi connectivity index (χ4n) is 1.34. The van der Waals surface area contributed by atoms with Crippen LogP contribution in [0.1, 0.15) is 6.42 Å². The van der Waals surface area contributed by atoms with E-state index in [0.717, 1.165) is 6.08 Å². The van der Waals surface area contributed by atoms with Gasteiger partial charge in [0.05, 0.1) is 4.92 Å².